The Morgan fingerprint density at radius 2 is 2.33 bits per heavy atom. The van der Waals surface area contributed by atoms with Crippen LogP contribution in [0.5, 0.6) is 0 Å². The van der Waals surface area contributed by atoms with E-state index in [2.05, 4.69) is 37.4 Å². The minimum Gasteiger partial charge on any atom is -0.213 e. The Morgan fingerprint density at radius 1 is 1.47 bits per heavy atom. The molecule has 15 heavy (non-hydrogen) atoms. The van der Waals surface area contributed by atoms with E-state index in [9.17, 15) is 0 Å². The van der Waals surface area contributed by atoms with E-state index in [0.717, 1.165) is 20.4 Å². The summed E-state index contributed by atoms with van der Waals surface area (Å²) in [5, 5.41) is 0. The molecule has 0 atom stereocenters. The minimum absolute atomic E-state index is 0.858. The first-order chi connectivity index (χ1) is 7.24. The van der Waals surface area contributed by atoms with Gasteiger partial charge >= 0.3 is 0 Å². The third-order valence-electron chi connectivity index (χ3n) is 1.76. The van der Waals surface area contributed by atoms with Crippen molar-refractivity contribution in [1.29, 1.82) is 0 Å². The van der Waals surface area contributed by atoms with Gasteiger partial charge in [0.05, 0.1) is 0 Å². The molecule has 0 unspecified atom stereocenters. The summed E-state index contributed by atoms with van der Waals surface area (Å²) in [4.78, 5) is 4.31. The predicted octanol–water partition coefficient (Wildman–Crippen LogP) is 3.90. The molecule has 5 heteroatoms. The quantitative estimate of drug-likeness (QED) is 0.804. The van der Waals surface area contributed by atoms with Crippen LogP contribution in [-0.4, -0.2) is 9.36 Å². The molecule has 2 nitrogen and oxygen atoms in total. The van der Waals surface area contributed by atoms with Crippen molar-refractivity contribution >= 4 is 39.2 Å². The molecule has 1 aromatic carbocycles. The van der Waals surface area contributed by atoms with Gasteiger partial charge in [-0.3, -0.25) is 0 Å². The van der Waals surface area contributed by atoms with Crippen molar-refractivity contribution in [3.63, 3.8) is 0 Å². The summed E-state index contributed by atoms with van der Waals surface area (Å²) in [6.45, 7) is 1.92. The lowest BCUT2D eigenvalue weighted by Gasteiger charge is -1.98. The molecule has 0 amide bonds. The van der Waals surface area contributed by atoms with Crippen molar-refractivity contribution < 1.29 is 0 Å². The topological polar surface area (TPSA) is 25.8 Å². The van der Waals surface area contributed by atoms with Crippen LogP contribution >= 0.6 is 39.2 Å². The SMILES string of the molecule is Cc1nsc(SCc2cccc(Br)c2)n1. The summed E-state index contributed by atoms with van der Waals surface area (Å²) in [6.07, 6.45) is 0. The summed E-state index contributed by atoms with van der Waals surface area (Å²) >= 11 is 6.65. The lowest BCUT2D eigenvalue weighted by Crippen LogP contribution is -1.80. The molecule has 0 fully saturated rings. The maximum Gasteiger partial charge on any atom is 0.170 e. The zero-order valence-corrected chi connectivity index (χ0v) is 11.3. The number of nitrogens with zero attached hydrogens (tertiary/aromatic N) is 2. The highest BCUT2D eigenvalue weighted by Gasteiger charge is 2.01. The van der Waals surface area contributed by atoms with E-state index in [1.807, 2.05) is 19.1 Å². The van der Waals surface area contributed by atoms with E-state index in [1.54, 1.807) is 11.8 Å². The Bertz CT molecular complexity index is 456. The van der Waals surface area contributed by atoms with Crippen molar-refractivity contribution in [3.05, 3.63) is 40.1 Å². The van der Waals surface area contributed by atoms with Crippen LogP contribution in [0.2, 0.25) is 0 Å². The molecular formula is C10H9BrN2S2. The Morgan fingerprint density at radius 3 is 3.00 bits per heavy atom. The van der Waals surface area contributed by atoms with E-state index >= 15 is 0 Å². The maximum atomic E-state index is 4.31. The van der Waals surface area contributed by atoms with Gasteiger partial charge < -0.3 is 0 Å². The highest BCUT2D eigenvalue weighted by atomic mass is 79.9. The van der Waals surface area contributed by atoms with Gasteiger partial charge in [-0.05, 0) is 36.2 Å². The van der Waals surface area contributed by atoms with Crippen LogP contribution in [0.1, 0.15) is 11.4 Å². The molecule has 0 saturated carbocycles. The molecule has 0 aliphatic rings. The highest BCUT2D eigenvalue weighted by Crippen LogP contribution is 2.25. The van der Waals surface area contributed by atoms with Crippen molar-refractivity contribution in [2.45, 2.75) is 17.0 Å². The molecule has 0 spiro atoms. The van der Waals surface area contributed by atoms with Gasteiger partial charge in [0, 0.05) is 10.2 Å². The lowest BCUT2D eigenvalue weighted by atomic mass is 10.2. The van der Waals surface area contributed by atoms with Crippen LogP contribution in [-0.2, 0) is 5.75 Å². The summed E-state index contributed by atoms with van der Waals surface area (Å²) in [5.41, 5.74) is 1.29. The molecule has 0 saturated heterocycles. The lowest BCUT2D eigenvalue weighted by molar-refractivity contribution is 1.10. The van der Waals surface area contributed by atoms with Crippen LogP contribution in [0.25, 0.3) is 0 Å². The number of aryl methyl sites for hydroxylation is 1. The van der Waals surface area contributed by atoms with E-state index < -0.39 is 0 Å². The Balaban J connectivity index is 1.99. The molecule has 2 aromatic rings. The number of benzene rings is 1. The van der Waals surface area contributed by atoms with E-state index in [1.165, 1.54) is 17.1 Å². The number of halogens is 1. The first-order valence-corrected chi connectivity index (χ1v) is 6.97. The average molecular weight is 301 g/mol. The third kappa shape index (κ3) is 3.29. The Hall–Kier alpha value is -0.390. The van der Waals surface area contributed by atoms with E-state index in [4.69, 9.17) is 0 Å². The van der Waals surface area contributed by atoms with Gasteiger partial charge in [0.15, 0.2) is 4.34 Å². The van der Waals surface area contributed by atoms with Gasteiger partial charge in [0.2, 0.25) is 0 Å². The summed E-state index contributed by atoms with van der Waals surface area (Å²) < 4.78 is 6.30. The van der Waals surface area contributed by atoms with Crippen molar-refractivity contribution in [2.24, 2.45) is 0 Å². The fraction of sp³-hybridized carbons (Fsp3) is 0.200. The zero-order valence-electron chi connectivity index (χ0n) is 8.11. The zero-order chi connectivity index (χ0) is 10.7. The van der Waals surface area contributed by atoms with Gasteiger partial charge in [-0.25, -0.2) is 4.98 Å². The molecule has 0 aliphatic heterocycles. The van der Waals surface area contributed by atoms with Crippen LogP contribution in [0, 0.1) is 6.92 Å². The van der Waals surface area contributed by atoms with Crippen LogP contribution < -0.4 is 0 Å². The van der Waals surface area contributed by atoms with E-state index in [0.29, 0.717) is 0 Å². The van der Waals surface area contributed by atoms with Crippen LogP contribution in [0.3, 0.4) is 0 Å². The smallest absolute Gasteiger partial charge is 0.170 e. The average Bonchev–Trinajstić information content (AvgIpc) is 2.62. The van der Waals surface area contributed by atoms with Crippen molar-refractivity contribution in [1.82, 2.24) is 9.36 Å². The first-order valence-electron chi connectivity index (χ1n) is 4.41. The third-order valence-corrected chi connectivity index (χ3v) is 4.25. The molecule has 0 N–H and O–H groups in total. The molecular weight excluding hydrogens is 292 g/mol. The number of aromatic nitrogens is 2. The van der Waals surface area contributed by atoms with Crippen molar-refractivity contribution in [2.75, 3.05) is 0 Å². The molecule has 78 valence electrons. The first kappa shape index (κ1) is 11.1. The highest BCUT2D eigenvalue weighted by molar-refractivity contribution is 9.10. The van der Waals surface area contributed by atoms with Gasteiger partial charge in [0.25, 0.3) is 0 Å². The second-order valence-corrected chi connectivity index (χ2v) is 5.92. The summed E-state index contributed by atoms with van der Waals surface area (Å²) in [7, 11) is 0. The van der Waals surface area contributed by atoms with Gasteiger partial charge in [-0.1, -0.05) is 39.8 Å². The van der Waals surface area contributed by atoms with Crippen LogP contribution in [0.4, 0.5) is 0 Å². The second kappa shape index (κ2) is 5.09. The number of hydrogen-bond donors (Lipinski definition) is 0. The fourth-order valence-electron chi connectivity index (χ4n) is 1.11. The normalized spacial score (nSPS) is 10.5. The predicted molar refractivity (Wildman–Crippen MR) is 68.3 cm³/mol. The standard InChI is InChI=1S/C10H9BrN2S2/c1-7-12-10(15-13-7)14-6-8-3-2-4-9(11)5-8/h2-5H,6H2,1H3. The number of hydrogen-bond acceptors (Lipinski definition) is 4. The van der Waals surface area contributed by atoms with Crippen LogP contribution in [0.15, 0.2) is 33.1 Å². The maximum absolute atomic E-state index is 4.31. The molecule has 1 aromatic heterocycles. The number of thioether (sulfide) groups is 1. The minimum atomic E-state index is 0.858. The van der Waals surface area contributed by atoms with Gasteiger partial charge in [-0.2, -0.15) is 4.37 Å². The molecule has 0 aliphatic carbocycles. The molecule has 2 rings (SSSR count). The van der Waals surface area contributed by atoms with Gasteiger partial charge in [-0.15, -0.1) is 0 Å². The monoisotopic (exact) mass is 300 g/mol. The van der Waals surface area contributed by atoms with E-state index in [-0.39, 0.29) is 0 Å². The van der Waals surface area contributed by atoms with Gasteiger partial charge in [0.1, 0.15) is 5.82 Å². The fourth-order valence-corrected chi connectivity index (χ4v) is 3.14. The molecule has 0 bridgehead atoms. The Kier molecular flexibility index (Phi) is 3.77. The number of rotatable bonds is 3. The molecule has 1 heterocycles. The largest absolute Gasteiger partial charge is 0.213 e. The molecule has 0 radical (unpaired) electrons. The summed E-state index contributed by atoms with van der Waals surface area (Å²) in [6, 6.07) is 8.32. The van der Waals surface area contributed by atoms with Crippen molar-refractivity contribution in [3.8, 4) is 0 Å². The Labute approximate surface area is 105 Å². The second-order valence-electron chi connectivity index (χ2n) is 3.03. The summed E-state index contributed by atoms with van der Waals surface area (Å²) in [5.74, 6) is 1.80.